The van der Waals surface area contributed by atoms with Crippen molar-refractivity contribution in [2.45, 2.75) is 174 Å². The molecular formula is C39H68O5. The molecule has 0 bridgehead atoms. The molecule has 44 heavy (non-hydrogen) atoms. The van der Waals surface area contributed by atoms with Gasteiger partial charge in [-0.3, -0.25) is 9.59 Å². The average molecular weight is 617 g/mol. The maximum Gasteiger partial charge on any atom is 0.306 e. The van der Waals surface area contributed by atoms with Crippen molar-refractivity contribution in [1.82, 2.24) is 0 Å². The normalized spacial score (nSPS) is 12.7. The Kier molecular flexibility index (Phi) is 33.6. The van der Waals surface area contributed by atoms with Crippen LogP contribution < -0.4 is 0 Å². The quantitative estimate of drug-likeness (QED) is 0.0462. The maximum atomic E-state index is 12.1. The number of unbranched alkanes of at least 4 members (excludes halogenated alkanes) is 16. The third-order valence-corrected chi connectivity index (χ3v) is 7.63. The zero-order valence-electron chi connectivity index (χ0n) is 28.7. The fourth-order valence-corrected chi connectivity index (χ4v) is 4.84. The molecule has 1 atom stereocenters. The van der Waals surface area contributed by atoms with Gasteiger partial charge in [0.1, 0.15) is 6.61 Å². The van der Waals surface area contributed by atoms with Crippen LogP contribution in [0.5, 0.6) is 0 Å². The molecule has 0 fully saturated rings. The predicted octanol–water partition coefficient (Wildman–Crippen LogP) is 11.1. The van der Waals surface area contributed by atoms with Gasteiger partial charge >= 0.3 is 11.9 Å². The van der Waals surface area contributed by atoms with Crippen LogP contribution in [0.25, 0.3) is 0 Å². The van der Waals surface area contributed by atoms with E-state index in [1.807, 2.05) is 0 Å². The number of aliphatic hydroxyl groups excluding tert-OH is 1. The third-order valence-electron chi connectivity index (χ3n) is 7.63. The Morgan fingerprint density at radius 1 is 0.523 bits per heavy atom. The van der Waals surface area contributed by atoms with E-state index in [-0.39, 0.29) is 31.6 Å². The van der Waals surface area contributed by atoms with Gasteiger partial charge in [0, 0.05) is 12.8 Å². The highest BCUT2D eigenvalue weighted by Gasteiger charge is 2.15. The molecule has 5 nitrogen and oxygen atoms in total. The van der Waals surface area contributed by atoms with E-state index < -0.39 is 6.10 Å². The molecule has 254 valence electrons. The van der Waals surface area contributed by atoms with Gasteiger partial charge in [-0.2, -0.15) is 0 Å². The summed E-state index contributed by atoms with van der Waals surface area (Å²) in [5, 5.41) is 9.51. The highest BCUT2D eigenvalue weighted by atomic mass is 16.6. The van der Waals surface area contributed by atoms with Crippen LogP contribution in [-0.2, 0) is 19.1 Å². The van der Waals surface area contributed by atoms with Crippen LogP contribution in [0, 0.1) is 0 Å². The molecule has 1 N–H and O–H groups in total. The second-order valence-electron chi connectivity index (χ2n) is 12.0. The van der Waals surface area contributed by atoms with E-state index in [0.29, 0.717) is 12.8 Å². The molecule has 0 aliphatic heterocycles. The molecule has 0 aromatic rings. The minimum Gasteiger partial charge on any atom is -0.462 e. The molecule has 0 spiro atoms. The highest BCUT2D eigenvalue weighted by Crippen LogP contribution is 2.13. The molecule has 0 saturated carbocycles. The summed E-state index contributed by atoms with van der Waals surface area (Å²) in [7, 11) is 0. The molecule has 1 unspecified atom stereocenters. The predicted molar refractivity (Wildman–Crippen MR) is 187 cm³/mol. The van der Waals surface area contributed by atoms with Gasteiger partial charge in [-0.25, -0.2) is 0 Å². The Morgan fingerprint density at radius 2 is 0.932 bits per heavy atom. The van der Waals surface area contributed by atoms with Crippen molar-refractivity contribution < 1.29 is 24.2 Å². The van der Waals surface area contributed by atoms with Crippen molar-refractivity contribution in [3.63, 3.8) is 0 Å². The van der Waals surface area contributed by atoms with E-state index >= 15 is 0 Å². The van der Waals surface area contributed by atoms with Crippen LogP contribution in [0.1, 0.15) is 168 Å². The number of ether oxygens (including phenoxy) is 2. The van der Waals surface area contributed by atoms with Gasteiger partial charge in [0.05, 0.1) is 6.61 Å². The monoisotopic (exact) mass is 617 g/mol. The molecular weight excluding hydrogens is 548 g/mol. The van der Waals surface area contributed by atoms with Crippen molar-refractivity contribution in [3.8, 4) is 0 Å². The number of aliphatic hydroxyl groups is 1. The Morgan fingerprint density at radius 3 is 1.43 bits per heavy atom. The number of hydrogen-bond donors (Lipinski definition) is 1. The summed E-state index contributed by atoms with van der Waals surface area (Å²) in [5.41, 5.74) is 0. The van der Waals surface area contributed by atoms with E-state index in [1.54, 1.807) is 0 Å². The lowest BCUT2D eigenvalue weighted by molar-refractivity contribution is -0.161. The Balaban J connectivity index is 3.69. The van der Waals surface area contributed by atoms with Gasteiger partial charge in [-0.05, 0) is 51.4 Å². The first-order chi connectivity index (χ1) is 21.6. The van der Waals surface area contributed by atoms with Crippen LogP contribution in [0.2, 0.25) is 0 Å². The van der Waals surface area contributed by atoms with Gasteiger partial charge < -0.3 is 14.6 Å². The number of allylic oxidation sites excluding steroid dienone is 8. The van der Waals surface area contributed by atoms with Crippen LogP contribution in [-0.4, -0.2) is 36.4 Å². The Hall–Kier alpha value is -2.14. The summed E-state index contributed by atoms with van der Waals surface area (Å²) >= 11 is 0. The van der Waals surface area contributed by atoms with Crippen molar-refractivity contribution in [2.75, 3.05) is 13.2 Å². The lowest BCUT2D eigenvalue weighted by atomic mass is 10.0. The van der Waals surface area contributed by atoms with E-state index in [0.717, 1.165) is 44.9 Å². The molecule has 0 heterocycles. The second-order valence-corrected chi connectivity index (χ2v) is 12.0. The number of rotatable bonds is 32. The fourth-order valence-electron chi connectivity index (χ4n) is 4.84. The van der Waals surface area contributed by atoms with Crippen molar-refractivity contribution in [1.29, 1.82) is 0 Å². The summed E-state index contributed by atoms with van der Waals surface area (Å²) in [6.07, 6.45) is 43.1. The average Bonchev–Trinajstić information content (AvgIpc) is 3.02. The van der Waals surface area contributed by atoms with Crippen LogP contribution in [0.4, 0.5) is 0 Å². The van der Waals surface area contributed by atoms with Gasteiger partial charge in [-0.15, -0.1) is 0 Å². The summed E-state index contributed by atoms with van der Waals surface area (Å²) in [6, 6.07) is 0. The standard InChI is InChI=1S/C39H68O5/c1-3-5-7-9-11-13-15-17-18-19-20-22-24-26-28-30-32-34-39(42)44-37(35-40)36-43-38(41)33-31-29-27-25-23-21-16-14-12-10-8-6-4-2/h11,13,17-18,20,22,26,28,37,40H,3-10,12,14-16,19,21,23-25,27,29-36H2,1-2H3. The molecule has 0 amide bonds. The molecule has 0 aliphatic carbocycles. The lowest BCUT2D eigenvalue weighted by Crippen LogP contribution is -2.28. The van der Waals surface area contributed by atoms with Gasteiger partial charge in [-0.1, -0.05) is 152 Å². The van der Waals surface area contributed by atoms with Gasteiger partial charge in [0.15, 0.2) is 6.10 Å². The first-order valence-electron chi connectivity index (χ1n) is 18.2. The topological polar surface area (TPSA) is 72.8 Å². The zero-order valence-corrected chi connectivity index (χ0v) is 28.7. The van der Waals surface area contributed by atoms with E-state index in [4.69, 9.17) is 9.47 Å². The molecule has 5 heteroatoms. The van der Waals surface area contributed by atoms with E-state index in [1.165, 1.54) is 89.9 Å². The molecule has 0 saturated heterocycles. The van der Waals surface area contributed by atoms with Crippen LogP contribution >= 0.6 is 0 Å². The number of carbonyl (C=O) groups excluding carboxylic acids is 2. The van der Waals surface area contributed by atoms with Gasteiger partial charge in [0.25, 0.3) is 0 Å². The third kappa shape index (κ3) is 32.8. The minimum absolute atomic E-state index is 0.0866. The van der Waals surface area contributed by atoms with E-state index in [9.17, 15) is 14.7 Å². The zero-order chi connectivity index (χ0) is 32.2. The minimum atomic E-state index is -0.797. The summed E-state index contributed by atoms with van der Waals surface area (Å²) in [6.45, 7) is 4.05. The number of hydrogen-bond acceptors (Lipinski definition) is 5. The Labute approximate surface area is 271 Å². The highest BCUT2D eigenvalue weighted by molar-refractivity contribution is 5.70. The van der Waals surface area contributed by atoms with Crippen LogP contribution in [0.3, 0.4) is 0 Å². The summed E-state index contributed by atoms with van der Waals surface area (Å²) < 4.78 is 10.5. The molecule has 0 aromatic heterocycles. The first-order valence-corrected chi connectivity index (χ1v) is 18.2. The van der Waals surface area contributed by atoms with E-state index in [2.05, 4.69) is 62.5 Å². The molecule has 0 rings (SSSR count). The Bertz CT molecular complexity index is 752. The maximum absolute atomic E-state index is 12.1. The van der Waals surface area contributed by atoms with Crippen LogP contribution in [0.15, 0.2) is 48.6 Å². The summed E-state index contributed by atoms with van der Waals surface area (Å²) in [5.74, 6) is -0.657. The summed E-state index contributed by atoms with van der Waals surface area (Å²) in [4.78, 5) is 24.1. The molecule has 0 aliphatic rings. The SMILES string of the molecule is CCCCCC=CCC=CCC=CCC=CCCCC(=O)OC(CO)COC(=O)CCCCCCCCCCCCCCC. The van der Waals surface area contributed by atoms with Crippen molar-refractivity contribution in [3.05, 3.63) is 48.6 Å². The number of carbonyl (C=O) groups is 2. The number of esters is 2. The fraction of sp³-hybridized carbons (Fsp3) is 0.744. The smallest absolute Gasteiger partial charge is 0.306 e. The largest absolute Gasteiger partial charge is 0.462 e. The molecule has 0 radical (unpaired) electrons. The lowest BCUT2D eigenvalue weighted by Gasteiger charge is -2.15. The van der Waals surface area contributed by atoms with Crippen molar-refractivity contribution >= 4 is 11.9 Å². The first kappa shape index (κ1) is 41.9. The second kappa shape index (κ2) is 35.3. The van der Waals surface area contributed by atoms with Gasteiger partial charge in [0.2, 0.25) is 0 Å². The molecule has 0 aromatic carbocycles. The van der Waals surface area contributed by atoms with Crippen molar-refractivity contribution in [2.24, 2.45) is 0 Å².